The topological polar surface area (TPSA) is 75.6 Å². The summed E-state index contributed by atoms with van der Waals surface area (Å²) in [6.07, 6.45) is 1.73. The summed E-state index contributed by atoms with van der Waals surface area (Å²) in [4.78, 5) is 23.4. The first kappa shape index (κ1) is 17.9. The number of hydrogen-bond acceptors (Lipinski definition) is 3. The van der Waals surface area contributed by atoms with Crippen LogP contribution in [0.5, 0.6) is 5.75 Å². The minimum absolute atomic E-state index is 0.0133. The Morgan fingerprint density at radius 3 is 2.56 bits per heavy atom. The fraction of sp³-hybridized carbons (Fsp3) is 0.222. The average Bonchev–Trinajstić information content (AvgIpc) is 3.40. The van der Waals surface area contributed by atoms with Gasteiger partial charge >= 0.3 is 5.97 Å². The fourth-order valence-electron chi connectivity index (χ4n) is 2.30. The lowest BCUT2D eigenvalue weighted by Crippen LogP contribution is -2.16. The lowest BCUT2D eigenvalue weighted by Gasteiger charge is -2.12. The number of rotatable bonds is 6. The highest BCUT2D eigenvalue weighted by Crippen LogP contribution is 2.31. The first-order valence-corrected chi connectivity index (χ1v) is 9.27. The third-order valence-electron chi connectivity index (χ3n) is 3.81. The maximum absolute atomic E-state index is 11.9. The van der Waals surface area contributed by atoms with E-state index in [2.05, 4.69) is 37.2 Å². The van der Waals surface area contributed by atoms with E-state index in [1.165, 1.54) is 6.07 Å². The zero-order valence-corrected chi connectivity index (χ0v) is 16.3. The summed E-state index contributed by atoms with van der Waals surface area (Å²) >= 11 is 6.79. The molecule has 1 fully saturated rings. The van der Waals surface area contributed by atoms with Gasteiger partial charge in [-0.2, -0.15) is 0 Å². The summed E-state index contributed by atoms with van der Waals surface area (Å²) in [6, 6.07) is 10.4. The zero-order valence-electron chi connectivity index (χ0n) is 13.1. The van der Waals surface area contributed by atoms with Crippen LogP contribution in [0.4, 0.5) is 5.69 Å². The fourth-order valence-corrected chi connectivity index (χ4v) is 3.46. The molecule has 25 heavy (non-hydrogen) atoms. The number of halogens is 2. The average molecular weight is 469 g/mol. The molecule has 2 aromatic rings. The van der Waals surface area contributed by atoms with Gasteiger partial charge in [0.05, 0.1) is 15.7 Å². The molecule has 0 atom stereocenters. The molecule has 0 radical (unpaired) electrons. The molecule has 0 aliphatic heterocycles. The first-order valence-electron chi connectivity index (χ1n) is 7.69. The van der Waals surface area contributed by atoms with E-state index in [4.69, 9.17) is 4.74 Å². The van der Waals surface area contributed by atoms with Crippen LogP contribution in [0, 0.1) is 5.92 Å². The molecule has 1 amide bonds. The third kappa shape index (κ3) is 4.61. The summed E-state index contributed by atoms with van der Waals surface area (Å²) in [5.74, 6) is -0.534. The Bertz CT molecular complexity index is 834. The van der Waals surface area contributed by atoms with Crippen molar-refractivity contribution < 1.29 is 19.4 Å². The molecule has 0 heterocycles. The Labute approximate surface area is 161 Å². The van der Waals surface area contributed by atoms with Crippen molar-refractivity contribution in [3.05, 3.63) is 56.5 Å². The van der Waals surface area contributed by atoms with Crippen molar-refractivity contribution >= 4 is 49.4 Å². The maximum Gasteiger partial charge on any atom is 0.337 e. The Kier molecular flexibility index (Phi) is 5.44. The van der Waals surface area contributed by atoms with Gasteiger partial charge in [0.2, 0.25) is 5.91 Å². The van der Waals surface area contributed by atoms with Gasteiger partial charge in [-0.05, 0) is 64.7 Å². The normalized spacial score (nSPS) is 13.4. The van der Waals surface area contributed by atoms with Crippen molar-refractivity contribution in [3.8, 4) is 5.75 Å². The summed E-state index contributed by atoms with van der Waals surface area (Å²) in [5, 5.41) is 12.1. The van der Waals surface area contributed by atoms with E-state index in [-0.39, 0.29) is 24.0 Å². The van der Waals surface area contributed by atoms with Crippen LogP contribution in [-0.4, -0.2) is 17.0 Å². The number of nitrogens with one attached hydrogen (secondary N) is 1. The number of ether oxygens (including phenoxy) is 1. The molecule has 0 bridgehead atoms. The second-order valence-corrected chi connectivity index (χ2v) is 7.58. The molecule has 0 saturated heterocycles. The number of carbonyl (C=O) groups excluding carboxylic acids is 1. The SMILES string of the molecule is O=C(O)c1cc(COc2ccc(Br)cc2Br)ccc1NC(=O)C1CC1. The monoisotopic (exact) mass is 467 g/mol. The Hall–Kier alpha value is -1.86. The quantitative estimate of drug-likeness (QED) is 0.636. The van der Waals surface area contributed by atoms with Crippen LogP contribution >= 0.6 is 31.9 Å². The highest BCUT2D eigenvalue weighted by atomic mass is 79.9. The Morgan fingerprint density at radius 2 is 1.92 bits per heavy atom. The molecule has 0 spiro atoms. The number of carbonyl (C=O) groups is 2. The van der Waals surface area contributed by atoms with Crippen molar-refractivity contribution in [3.63, 3.8) is 0 Å². The molecule has 3 rings (SSSR count). The lowest BCUT2D eigenvalue weighted by atomic mass is 10.1. The molecule has 7 heteroatoms. The van der Waals surface area contributed by atoms with Gasteiger partial charge in [0.25, 0.3) is 0 Å². The number of hydrogen-bond donors (Lipinski definition) is 2. The van der Waals surface area contributed by atoms with Crippen molar-refractivity contribution in [2.75, 3.05) is 5.32 Å². The maximum atomic E-state index is 11.9. The molecule has 5 nitrogen and oxygen atoms in total. The molecule has 0 unspecified atom stereocenters. The third-order valence-corrected chi connectivity index (χ3v) is 4.92. The van der Waals surface area contributed by atoms with E-state index in [0.29, 0.717) is 17.0 Å². The Morgan fingerprint density at radius 1 is 1.16 bits per heavy atom. The van der Waals surface area contributed by atoms with Crippen LogP contribution in [-0.2, 0) is 11.4 Å². The van der Waals surface area contributed by atoms with Crippen LogP contribution in [0.2, 0.25) is 0 Å². The van der Waals surface area contributed by atoms with E-state index in [1.54, 1.807) is 12.1 Å². The van der Waals surface area contributed by atoms with E-state index in [0.717, 1.165) is 21.8 Å². The molecule has 1 aliphatic carbocycles. The number of carboxylic acids is 1. The summed E-state index contributed by atoms with van der Waals surface area (Å²) in [5.41, 5.74) is 1.08. The van der Waals surface area contributed by atoms with Gasteiger partial charge in [0, 0.05) is 10.4 Å². The van der Waals surface area contributed by atoms with Gasteiger partial charge in [0.1, 0.15) is 12.4 Å². The predicted octanol–water partition coefficient (Wildman–Crippen LogP) is 4.84. The zero-order chi connectivity index (χ0) is 18.0. The van der Waals surface area contributed by atoms with Crippen molar-refractivity contribution in [1.29, 1.82) is 0 Å². The first-order chi connectivity index (χ1) is 11.9. The number of aromatic carboxylic acids is 1. The predicted molar refractivity (Wildman–Crippen MR) is 101 cm³/mol. The molecule has 1 saturated carbocycles. The van der Waals surface area contributed by atoms with Crippen molar-refractivity contribution in [2.24, 2.45) is 5.92 Å². The van der Waals surface area contributed by atoms with E-state index >= 15 is 0 Å². The molecule has 130 valence electrons. The number of amides is 1. The number of anilines is 1. The van der Waals surface area contributed by atoms with Gasteiger partial charge in [-0.15, -0.1) is 0 Å². The minimum Gasteiger partial charge on any atom is -0.488 e. The molecular formula is C18H15Br2NO4. The minimum atomic E-state index is -1.09. The molecule has 1 aliphatic rings. The number of carboxylic acid groups (broad SMARTS) is 1. The van der Waals surface area contributed by atoms with Gasteiger partial charge in [-0.3, -0.25) is 4.79 Å². The van der Waals surface area contributed by atoms with E-state index in [9.17, 15) is 14.7 Å². The highest BCUT2D eigenvalue weighted by molar-refractivity contribution is 9.11. The molecule has 2 aromatic carbocycles. The highest BCUT2D eigenvalue weighted by Gasteiger charge is 2.30. The van der Waals surface area contributed by atoms with Crippen LogP contribution in [0.1, 0.15) is 28.8 Å². The van der Waals surface area contributed by atoms with Gasteiger partial charge in [-0.1, -0.05) is 22.0 Å². The second kappa shape index (κ2) is 7.58. The summed E-state index contributed by atoms with van der Waals surface area (Å²) < 4.78 is 7.46. The van der Waals surface area contributed by atoms with Crippen LogP contribution in [0.3, 0.4) is 0 Å². The van der Waals surface area contributed by atoms with Crippen molar-refractivity contribution in [2.45, 2.75) is 19.4 Å². The van der Waals surface area contributed by atoms with Crippen LogP contribution in [0.25, 0.3) is 0 Å². The molecule has 2 N–H and O–H groups in total. The van der Waals surface area contributed by atoms with Crippen LogP contribution in [0.15, 0.2) is 45.3 Å². The smallest absolute Gasteiger partial charge is 0.337 e. The van der Waals surface area contributed by atoms with Gasteiger partial charge < -0.3 is 15.2 Å². The van der Waals surface area contributed by atoms with E-state index < -0.39 is 5.97 Å². The lowest BCUT2D eigenvalue weighted by molar-refractivity contribution is -0.117. The molecular weight excluding hydrogens is 454 g/mol. The molecule has 0 aromatic heterocycles. The Balaban J connectivity index is 1.74. The van der Waals surface area contributed by atoms with Crippen LogP contribution < -0.4 is 10.1 Å². The standard InChI is InChI=1S/C18H15Br2NO4/c19-12-4-6-16(14(20)8-12)25-9-10-1-5-15(13(7-10)18(23)24)21-17(22)11-2-3-11/h1,4-8,11H,2-3,9H2,(H,21,22)(H,23,24). The second-order valence-electron chi connectivity index (χ2n) is 5.81. The van der Waals surface area contributed by atoms with Crippen molar-refractivity contribution in [1.82, 2.24) is 0 Å². The van der Waals surface area contributed by atoms with E-state index in [1.807, 2.05) is 18.2 Å². The summed E-state index contributed by atoms with van der Waals surface area (Å²) in [7, 11) is 0. The summed E-state index contributed by atoms with van der Waals surface area (Å²) in [6.45, 7) is 0.220. The largest absolute Gasteiger partial charge is 0.488 e. The number of benzene rings is 2. The van der Waals surface area contributed by atoms with Gasteiger partial charge in [0.15, 0.2) is 0 Å². The van der Waals surface area contributed by atoms with Gasteiger partial charge in [-0.25, -0.2) is 4.79 Å².